The molecule has 12 aromatic rings. The molecule has 87 heavy (non-hydrogen) atoms. The van der Waals surface area contributed by atoms with Gasteiger partial charge in [-0.25, -0.2) is 0 Å². The minimum absolute atomic E-state index is 0.000860. The summed E-state index contributed by atoms with van der Waals surface area (Å²) in [6.45, 7) is 27.3. The first-order valence-electron chi connectivity index (χ1n) is 30.6. The van der Waals surface area contributed by atoms with Crippen LogP contribution < -0.4 is 9.80 Å². The first-order valence-corrected chi connectivity index (χ1v) is 31.4. The summed E-state index contributed by atoms with van der Waals surface area (Å²) in [5.41, 5.74) is 26.1. The summed E-state index contributed by atoms with van der Waals surface area (Å²) in [7, 11) is 0. The van der Waals surface area contributed by atoms with E-state index in [9.17, 15) is 5.26 Å². The van der Waals surface area contributed by atoms with Gasteiger partial charge in [0.05, 0.1) is 22.0 Å². The molecule has 0 unspecified atom stereocenters. The fraction of sp³-hybridized carbons (Fsp3) is 0.193. The van der Waals surface area contributed by atoms with Crippen LogP contribution in [0, 0.1) is 11.3 Å². The molecule has 1 aliphatic carbocycles. The van der Waals surface area contributed by atoms with E-state index in [-0.39, 0.29) is 21.7 Å². The molecule has 0 bridgehead atoms. The highest BCUT2D eigenvalue weighted by Gasteiger charge is 2.29. The Hall–Kier alpha value is -9.27. The summed E-state index contributed by atoms with van der Waals surface area (Å²) in [6.07, 6.45) is 0. The van der Waals surface area contributed by atoms with Gasteiger partial charge >= 0.3 is 0 Å². The van der Waals surface area contributed by atoms with Gasteiger partial charge in [0.15, 0.2) is 0 Å². The lowest BCUT2D eigenvalue weighted by molar-refractivity contribution is 0.590. The summed E-state index contributed by atoms with van der Waals surface area (Å²) in [4.78, 5) is 4.88. The van der Waals surface area contributed by atoms with E-state index in [1.54, 1.807) is 0 Å². The number of rotatable bonds is 8. The SMILES string of the molecule is CC(C)(C)c1ccc(-c2cccc(N(c3ccc(C(C)(C)C)cc3)c3ccc4c(c3)-c3ccccc3-c3cc(C#N)ccc3-c3c-4ccc4sc5c(N(c6ccc(C(C)(C)C)cc6)c6cccc(-c7ccc(C(C)(C)C)cc7)c6)cccc5c34)c2)cc1. The first kappa shape index (κ1) is 56.8. The summed E-state index contributed by atoms with van der Waals surface area (Å²) < 4.78 is 2.40. The predicted molar refractivity (Wildman–Crippen MR) is 374 cm³/mol. The van der Waals surface area contributed by atoms with Crippen molar-refractivity contribution in [3.05, 3.63) is 264 Å². The predicted octanol–water partition coefficient (Wildman–Crippen LogP) is 24.4. The second-order valence-electron chi connectivity index (χ2n) is 27.8. The van der Waals surface area contributed by atoms with Crippen LogP contribution in [0.25, 0.3) is 86.9 Å². The van der Waals surface area contributed by atoms with Crippen LogP contribution in [0.15, 0.2) is 237 Å². The second kappa shape index (κ2) is 21.6. The Balaban J connectivity index is 1.03. The van der Waals surface area contributed by atoms with Gasteiger partial charge in [-0.2, -0.15) is 5.26 Å². The Morgan fingerprint density at radius 1 is 0.322 bits per heavy atom. The van der Waals surface area contributed by atoms with E-state index >= 15 is 0 Å². The second-order valence-corrected chi connectivity index (χ2v) is 28.8. The molecular weight excluding hydrogens is 1070 g/mol. The van der Waals surface area contributed by atoms with Gasteiger partial charge in [-0.15, -0.1) is 11.3 Å². The van der Waals surface area contributed by atoms with Crippen molar-refractivity contribution in [3.63, 3.8) is 0 Å². The molecule has 1 aliphatic rings. The maximum absolute atomic E-state index is 10.6. The van der Waals surface area contributed by atoms with Crippen molar-refractivity contribution in [2.24, 2.45) is 0 Å². The van der Waals surface area contributed by atoms with Crippen LogP contribution in [0.4, 0.5) is 34.1 Å². The average Bonchev–Trinajstić information content (AvgIpc) is 1.74. The van der Waals surface area contributed by atoms with E-state index < -0.39 is 0 Å². The van der Waals surface area contributed by atoms with Crippen LogP contribution in [0.2, 0.25) is 0 Å². The average molecular weight is 1150 g/mol. The largest absolute Gasteiger partial charge is 0.310 e. The Labute approximate surface area is 519 Å². The van der Waals surface area contributed by atoms with E-state index in [0.717, 1.165) is 78.6 Å². The highest BCUT2D eigenvalue weighted by Crippen LogP contribution is 2.55. The maximum atomic E-state index is 10.6. The Bertz CT molecular complexity index is 4640. The fourth-order valence-electron chi connectivity index (χ4n) is 12.8. The molecule has 11 aromatic carbocycles. The molecule has 0 fully saturated rings. The van der Waals surface area contributed by atoms with Crippen LogP contribution >= 0.6 is 11.3 Å². The normalized spacial score (nSPS) is 12.4. The number of thiophene rings is 1. The van der Waals surface area contributed by atoms with Gasteiger partial charge in [0.25, 0.3) is 0 Å². The molecule has 0 aliphatic heterocycles. The highest BCUT2D eigenvalue weighted by molar-refractivity contribution is 7.26. The van der Waals surface area contributed by atoms with Crippen molar-refractivity contribution in [2.75, 3.05) is 9.80 Å². The molecule has 0 amide bonds. The molecule has 4 heteroatoms. The van der Waals surface area contributed by atoms with Crippen molar-refractivity contribution in [2.45, 2.75) is 105 Å². The number of nitriles is 1. The molecule has 13 rings (SSSR count). The van der Waals surface area contributed by atoms with Crippen LogP contribution in [0.5, 0.6) is 0 Å². The minimum atomic E-state index is -0.00584. The summed E-state index contributed by atoms with van der Waals surface area (Å²) >= 11 is 1.86. The number of hydrogen-bond acceptors (Lipinski definition) is 4. The van der Waals surface area contributed by atoms with E-state index in [2.05, 4.69) is 329 Å². The monoisotopic (exact) mass is 1150 g/mol. The lowest BCUT2D eigenvalue weighted by Crippen LogP contribution is -2.13. The molecule has 0 saturated heterocycles. The van der Waals surface area contributed by atoms with Gasteiger partial charge in [0.2, 0.25) is 0 Å². The molecule has 0 saturated carbocycles. The first-order chi connectivity index (χ1) is 41.6. The summed E-state index contributed by atoms with van der Waals surface area (Å²) in [6, 6.07) is 90.8. The molecule has 0 radical (unpaired) electrons. The molecule has 0 N–H and O–H groups in total. The summed E-state index contributed by atoms with van der Waals surface area (Å²) in [5, 5.41) is 13.0. The molecule has 1 heterocycles. The van der Waals surface area contributed by atoms with Gasteiger partial charge in [-0.3, -0.25) is 0 Å². The Kier molecular flexibility index (Phi) is 14.1. The smallest absolute Gasteiger partial charge is 0.0991 e. The van der Waals surface area contributed by atoms with Crippen LogP contribution in [0.1, 0.15) is 111 Å². The number of hydrogen-bond donors (Lipinski definition) is 0. The number of anilines is 6. The van der Waals surface area contributed by atoms with Crippen LogP contribution in [-0.4, -0.2) is 0 Å². The van der Waals surface area contributed by atoms with Crippen molar-refractivity contribution in [1.82, 2.24) is 0 Å². The Morgan fingerprint density at radius 2 is 0.747 bits per heavy atom. The van der Waals surface area contributed by atoms with Crippen LogP contribution in [-0.2, 0) is 21.7 Å². The topological polar surface area (TPSA) is 30.3 Å². The standard InChI is InChI=1S/C83H75N3S/c1-80(2,3)58-31-27-54(28-32-58)56-18-15-20-64(49-56)85(62-39-35-60(36-40-62)82(7,8)9)66-43-45-69-70-46-47-76-78(77(70)71-44-26-53(52-84)48-73(71)67-22-13-14-23-68(67)74(69)51-66)72-24-17-25-75(79(72)87-76)86(63-41-37-61(38-42-63)83(10,11)12)65-21-16-19-57(50-65)55-29-33-59(34-30-55)81(4,5)6/h13-51H,1-12H3. The molecule has 1 aromatic heterocycles. The third kappa shape index (κ3) is 10.6. The van der Waals surface area contributed by atoms with Gasteiger partial charge in [-0.1, -0.05) is 235 Å². The van der Waals surface area contributed by atoms with Gasteiger partial charge < -0.3 is 9.80 Å². The van der Waals surface area contributed by atoms with Gasteiger partial charge in [-0.05, 0) is 196 Å². The minimum Gasteiger partial charge on any atom is -0.310 e. The van der Waals surface area contributed by atoms with Crippen molar-refractivity contribution < 1.29 is 0 Å². The lowest BCUT2D eigenvalue weighted by Gasteiger charge is -2.29. The van der Waals surface area contributed by atoms with E-state index in [1.807, 2.05) is 17.4 Å². The van der Waals surface area contributed by atoms with Gasteiger partial charge in [0, 0.05) is 43.9 Å². The molecule has 0 atom stereocenters. The Morgan fingerprint density at radius 3 is 1.26 bits per heavy atom. The third-order valence-electron chi connectivity index (χ3n) is 17.7. The van der Waals surface area contributed by atoms with Crippen molar-refractivity contribution in [3.8, 4) is 72.8 Å². The molecule has 0 spiro atoms. The molecule has 428 valence electrons. The zero-order valence-corrected chi connectivity index (χ0v) is 53.1. The highest BCUT2D eigenvalue weighted by atomic mass is 32.1. The molecule has 3 nitrogen and oxygen atoms in total. The van der Waals surface area contributed by atoms with E-state index in [4.69, 9.17) is 0 Å². The number of fused-ring (bicyclic) bond motifs is 12. The number of nitrogens with zero attached hydrogens (tertiary/aromatic N) is 3. The van der Waals surface area contributed by atoms with Crippen LogP contribution in [0.3, 0.4) is 0 Å². The zero-order valence-electron chi connectivity index (χ0n) is 52.3. The van der Waals surface area contributed by atoms with Crippen molar-refractivity contribution >= 4 is 65.6 Å². The summed E-state index contributed by atoms with van der Waals surface area (Å²) in [5.74, 6) is 0. The van der Waals surface area contributed by atoms with Crippen molar-refractivity contribution in [1.29, 1.82) is 5.26 Å². The lowest BCUT2D eigenvalue weighted by atomic mass is 9.79. The van der Waals surface area contributed by atoms with E-state index in [0.29, 0.717) is 5.56 Å². The maximum Gasteiger partial charge on any atom is 0.0991 e. The molecular formula is C83H75N3S. The zero-order chi connectivity index (χ0) is 60.7. The number of benzene rings is 11. The quantitative estimate of drug-likeness (QED) is 0.152. The van der Waals surface area contributed by atoms with Gasteiger partial charge in [0.1, 0.15) is 0 Å². The third-order valence-corrected chi connectivity index (χ3v) is 18.9. The fourth-order valence-corrected chi connectivity index (χ4v) is 14.0. The van der Waals surface area contributed by atoms with E-state index in [1.165, 1.54) is 64.7 Å².